The molecule has 3 aromatic rings. The van der Waals surface area contributed by atoms with Gasteiger partial charge in [0.05, 0.1) is 21.8 Å². The Morgan fingerprint density at radius 3 is 2.58 bits per heavy atom. The molecular formula is C23H18BrClN2O5S. The van der Waals surface area contributed by atoms with E-state index < -0.39 is 21.9 Å². The van der Waals surface area contributed by atoms with Gasteiger partial charge in [-0.3, -0.25) is 9.10 Å². The maximum atomic E-state index is 13.5. The molecule has 33 heavy (non-hydrogen) atoms. The number of carboxylic acids is 1. The predicted molar refractivity (Wildman–Crippen MR) is 130 cm³/mol. The van der Waals surface area contributed by atoms with Crippen LogP contribution in [0.15, 0.2) is 64.0 Å². The molecule has 10 heteroatoms. The average molecular weight is 550 g/mol. The van der Waals surface area contributed by atoms with Gasteiger partial charge >= 0.3 is 5.97 Å². The first-order valence-electron chi connectivity index (χ1n) is 9.84. The van der Waals surface area contributed by atoms with Crippen molar-refractivity contribution in [3.05, 3.63) is 86.3 Å². The van der Waals surface area contributed by atoms with E-state index >= 15 is 0 Å². The summed E-state index contributed by atoms with van der Waals surface area (Å²) in [7, 11) is -3.96. The fourth-order valence-corrected chi connectivity index (χ4v) is 5.98. The summed E-state index contributed by atoms with van der Waals surface area (Å²) in [5.41, 5.74) is 1.98. The molecule has 0 spiro atoms. The monoisotopic (exact) mass is 548 g/mol. The van der Waals surface area contributed by atoms with Crippen LogP contribution >= 0.6 is 27.5 Å². The van der Waals surface area contributed by atoms with Crippen molar-refractivity contribution in [1.82, 2.24) is 0 Å². The van der Waals surface area contributed by atoms with E-state index in [1.807, 2.05) is 6.07 Å². The Bertz CT molecular complexity index is 1410. The Morgan fingerprint density at radius 2 is 1.85 bits per heavy atom. The van der Waals surface area contributed by atoms with Crippen molar-refractivity contribution < 1.29 is 23.1 Å². The number of anilines is 2. The fraction of sp³-hybridized carbons (Fsp3) is 0.130. The van der Waals surface area contributed by atoms with Gasteiger partial charge in [0.25, 0.3) is 15.9 Å². The van der Waals surface area contributed by atoms with Crippen molar-refractivity contribution in [2.75, 3.05) is 16.2 Å². The second-order valence-corrected chi connectivity index (χ2v) is 10.7. The first-order chi connectivity index (χ1) is 15.6. The van der Waals surface area contributed by atoms with Crippen LogP contribution in [0.5, 0.6) is 0 Å². The standard InChI is InChI=1S/C23H18BrClN2O5S/c1-13-2-3-15(22(28)26-19-7-5-16(24)11-18(19)23(29)30)10-21(13)33(31,32)27-9-8-14-4-6-17(25)12-20(14)27/h2-7,10-12H,8-9H2,1H3,(H,26,28)(H,29,30). The zero-order chi connectivity index (χ0) is 23.9. The number of halogens is 2. The lowest BCUT2D eigenvalue weighted by Crippen LogP contribution is -2.30. The summed E-state index contributed by atoms with van der Waals surface area (Å²) in [5, 5.41) is 12.4. The molecule has 0 unspecified atom stereocenters. The summed E-state index contributed by atoms with van der Waals surface area (Å²) < 4.78 is 28.9. The number of aromatic carboxylic acids is 1. The summed E-state index contributed by atoms with van der Waals surface area (Å²) in [6.07, 6.45) is 0.562. The van der Waals surface area contributed by atoms with Gasteiger partial charge in [0.1, 0.15) is 0 Å². The molecule has 0 aromatic heterocycles. The molecule has 1 aliphatic rings. The van der Waals surface area contributed by atoms with Crippen LogP contribution in [0.2, 0.25) is 5.02 Å². The highest BCUT2D eigenvalue weighted by Gasteiger charge is 2.32. The zero-order valence-corrected chi connectivity index (χ0v) is 20.5. The van der Waals surface area contributed by atoms with Gasteiger partial charge in [-0.15, -0.1) is 0 Å². The number of carboxylic acid groups (broad SMARTS) is 1. The lowest BCUT2D eigenvalue weighted by atomic mass is 10.1. The largest absolute Gasteiger partial charge is 0.478 e. The molecule has 170 valence electrons. The molecule has 0 fully saturated rings. The number of sulfonamides is 1. The molecule has 0 saturated carbocycles. The number of carbonyl (C=O) groups excluding carboxylic acids is 1. The van der Waals surface area contributed by atoms with Gasteiger partial charge in [0.2, 0.25) is 0 Å². The summed E-state index contributed by atoms with van der Waals surface area (Å²) in [4.78, 5) is 24.4. The second kappa shape index (κ2) is 8.81. The lowest BCUT2D eigenvalue weighted by Gasteiger charge is -2.21. The van der Waals surface area contributed by atoms with E-state index in [-0.39, 0.29) is 28.3 Å². The molecule has 4 rings (SSSR count). The maximum absolute atomic E-state index is 13.5. The van der Waals surface area contributed by atoms with Crippen LogP contribution < -0.4 is 9.62 Å². The van der Waals surface area contributed by atoms with Gasteiger partial charge in [-0.1, -0.05) is 39.7 Å². The molecule has 0 bridgehead atoms. The van der Waals surface area contributed by atoms with E-state index in [4.69, 9.17) is 11.6 Å². The van der Waals surface area contributed by atoms with Crippen LogP contribution in [0.25, 0.3) is 0 Å². The van der Waals surface area contributed by atoms with Crippen LogP contribution in [0.4, 0.5) is 11.4 Å². The number of aryl methyl sites for hydroxylation is 1. The number of hydrogen-bond donors (Lipinski definition) is 2. The Hall–Kier alpha value is -2.88. The van der Waals surface area contributed by atoms with Gasteiger partial charge in [-0.05, 0) is 66.9 Å². The van der Waals surface area contributed by atoms with E-state index in [0.717, 1.165) is 5.56 Å². The van der Waals surface area contributed by atoms with Crippen molar-refractivity contribution in [3.8, 4) is 0 Å². The average Bonchev–Trinajstić information content (AvgIpc) is 3.18. The minimum atomic E-state index is -3.96. The Morgan fingerprint density at radius 1 is 1.09 bits per heavy atom. The molecule has 0 aliphatic carbocycles. The van der Waals surface area contributed by atoms with Crippen LogP contribution in [-0.4, -0.2) is 31.9 Å². The molecule has 1 heterocycles. The number of benzene rings is 3. The summed E-state index contributed by atoms with van der Waals surface area (Å²) in [6, 6.07) is 13.9. The Kier molecular flexibility index (Phi) is 6.22. The van der Waals surface area contributed by atoms with Crippen molar-refractivity contribution in [1.29, 1.82) is 0 Å². The molecule has 7 nitrogen and oxygen atoms in total. The van der Waals surface area contributed by atoms with Crippen LogP contribution in [-0.2, 0) is 16.4 Å². The van der Waals surface area contributed by atoms with Gasteiger partial charge in [-0.25, -0.2) is 13.2 Å². The third-order valence-corrected chi connectivity index (χ3v) is 8.06. The molecule has 0 radical (unpaired) electrons. The second-order valence-electron chi connectivity index (χ2n) is 7.53. The number of amides is 1. The van der Waals surface area contributed by atoms with Gasteiger partial charge in [-0.2, -0.15) is 0 Å². The maximum Gasteiger partial charge on any atom is 0.337 e. The van der Waals surface area contributed by atoms with Gasteiger partial charge in [0.15, 0.2) is 0 Å². The minimum absolute atomic E-state index is 0.00256. The number of rotatable bonds is 5. The van der Waals surface area contributed by atoms with E-state index in [9.17, 15) is 23.1 Å². The highest BCUT2D eigenvalue weighted by Crippen LogP contribution is 2.36. The highest BCUT2D eigenvalue weighted by atomic mass is 79.9. The molecule has 1 aliphatic heterocycles. The van der Waals surface area contributed by atoms with E-state index in [1.54, 1.807) is 31.2 Å². The number of hydrogen-bond acceptors (Lipinski definition) is 4. The summed E-state index contributed by atoms with van der Waals surface area (Å²) in [6.45, 7) is 1.93. The van der Waals surface area contributed by atoms with Crippen LogP contribution in [0.3, 0.4) is 0 Å². The van der Waals surface area contributed by atoms with Crippen LogP contribution in [0.1, 0.15) is 31.8 Å². The fourth-order valence-electron chi connectivity index (χ4n) is 3.71. The van der Waals surface area contributed by atoms with E-state index in [2.05, 4.69) is 21.2 Å². The number of nitrogens with zero attached hydrogens (tertiary/aromatic N) is 1. The summed E-state index contributed by atoms with van der Waals surface area (Å²) in [5.74, 6) is -1.83. The normalized spacial score (nSPS) is 13.0. The third-order valence-electron chi connectivity index (χ3n) is 5.38. The first kappa shape index (κ1) is 23.3. The smallest absolute Gasteiger partial charge is 0.337 e. The van der Waals surface area contributed by atoms with E-state index in [0.29, 0.717) is 27.2 Å². The van der Waals surface area contributed by atoms with Gasteiger partial charge in [0, 0.05) is 21.6 Å². The van der Waals surface area contributed by atoms with Crippen molar-refractivity contribution in [2.24, 2.45) is 0 Å². The molecule has 3 aromatic carbocycles. The lowest BCUT2D eigenvalue weighted by molar-refractivity contribution is 0.0698. The Balaban J connectivity index is 1.69. The topological polar surface area (TPSA) is 104 Å². The predicted octanol–water partition coefficient (Wildman–Crippen LogP) is 5.11. The SMILES string of the molecule is Cc1ccc(C(=O)Nc2ccc(Br)cc2C(=O)O)cc1S(=O)(=O)N1CCc2ccc(Cl)cc21. The first-order valence-corrected chi connectivity index (χ1v) is 12.4. The van der Waals surface area contributed by atoms with Crippen molar-refractivity contribution >= 4 is 60.8 Å². The molecule has 0 saturated heterocycles. The van der Waals surface area contributed by atoms with Gasteiger partial charge < -0.3 is 10.4 Å². The Labute approximate surface area is 204 Å². The summed E-state index contributed by atoms with van der Waals surface area (Å²) >= 11 is 9.29. The molecule has 2 N–H and O–H groups in total. The number of fused-ring (bicyclic) bond motifs is 1. The minimum Gasteiger partial charge on any atom is -0.478 e. The number of nitrogens with one attached hydrogen (secondary N) is 1. The number of carbonyl (C=O) groups is 2. The highest BCUT2D eigenvalue weighted by molar-refractivity contribution is 9.10. The third kappa shape index (κ3) is 4.48. The van der Waals surface area contributed by atoms with Crippen molar-refractivity contribution in [2.45, 2.75) is 18.2 Å². The molecule has 1 amide bonds. The van der Waals surface area contributed by atoms with Crippen LogP contribution in [0, 0.1) is 6.92 Å². The molecular weight excluding hydrogens is 532 g/mol. The van der Waals surface area contributed by atoms with Crippen molar-refractivity contribution in [3.63, 3.8) is 0 Å². The van der Waals surface area contributed by atoms with E-state index in [1.165, 1.54) is 28.6 Å². The quantitative estimate of drug-likeness (QED) is 0.460. The molecule has 0 atom stereocenters. The zero-order valence-electron chi connectivity index (χ0n) is 17.3.